The first-order valence-corrected chi connectivity index (χ1v) is 23.1. The van der Waals surface area contributed by atoms with E-state index < -0.39 is 63.8 Å². The van der Waals surface area contributed by atoms with Crippen LogP contribution in [0.15, 0.2) is 54.0 Å². The number of carbonyl (C=O) groups is 5. The van der Waals surface area contributed by atoms with Crippen molar-refractivity contribution in [2.45, 2.75) is 123 Å². The smallest absolute Gasteiger partial charge is 0.293 e. The number of aliphatic hydroxyl groups excluding tert-OH is 1. The molecule has 6 rings (SSSR count). The monoisotopic (exact) mass is 934 g/mol. The van der Waals surface area contributed by atoms with Gasteiger partial charge in [-0.1, -0.05) is 88.7 Å². The standard InChI is InChI=1S/C46H56ClFN8O8S/c1-27-41(65-26-51-27)29-15-13-28(14-16-29)23-50-44(61)35-21-31(57)24-55(35)45(62)42(46(2,3)4)53-37(58)12-10-8-6-5-7-9-11-19-49-43(60)36-22-34(56(63)64)40-39(52-38(59)25-54(36)40)32-20-30(48)17-18-33(32)47/h13-18,20,22,26,31,35,39,42,57H,5-12,19,21,23-25H2,1-4H3,(H,49,60)(H,50,61)(H,52,59)(H,53,58)/t31-,35+,39-,42?/m1/s1. The van der Waals surface area contributed by atoms with Gasteiger partial charge in [0.05, 0.1) is 27.1 Å². The van der Waals surface area contributed by atoms with Crippen LogP contribution in [0.4, 0.5) is 10.1 Å². The van der Waals surface area contributed by atoms with Crippen LogP contribution >= 0.6 is 22.9 Å². The summed E-state index contributed by atoms with van der Waals surface area (Å²) in [5.41, 5.74) is 3.73. The third-order valence-corrected chi connectivity index (χ3v) is 13.1. The van der Waals surface area contributed by atoms with Gasteiger partial charge in [-0.3, -0.25) is 34.1 Å². The molecule has 1 fully saturated rings. The third kappa shape index (κ3) is 12.1. The molecular formula is C46H56ClFN8O8S. The molecule has 1 unspecified atom stereocenters. The van der Waals surface area contributed by atoms with Crippen LogP contribution in [-0.2, 0) is 32.3 Å². The van der Waals surface area contributed by atoms with Crippen LogP contribution < -0.4 is 21.3 Å². The number of β-amino-alcohol motifs (C(OH)–C–C–N with tert-alkyl or cyclic N) is 1. The maximum atomic E-state index is 14.1. The molecule has 2 aromatic carbocycles. The first-order valence-electron chi connectivity index (χ1n) is 21.9. The van der Waals surface area contributed by atoms with Crippen molar-refractivity contribution in [3.05, 3.63) is 103 Å². The highest BCUT2D eigenvalue weighted by Crippen LogP contribution is 2.38. The van der Waals surface area contributed by atoms with E-state index >= 15 is 0 Å². The van der Waals surface area contributed by atoms with Crippen molar-refractivity contribution in [1.82, 2.24) is 35.7 Å². The van der Waals surface area contributed by atoms with E-state index in [4.69, 9.17) is 11.6 Å². The molecule has 16 nitrogen and oxygen atoms in total. The van der Waals surface area contributed by atoms with E-state index in [0.29, 0.717) is 19.4 Å². The van der Waals surface area contributed by atoms with E-state index in [1.807, 2.05) is 52.0 Å². The number of likely N-dealkylation sites (tertiary alicyclic amines) is 1. The number of aliphatic hydroxyl groups is 1. The fourth-order valence-corrected chi connectivity index (χ4v) is 9.38. The molecule has 19 heteroatoms. The lowest BCUT2D eigenvalue weighted by Crippen LogP contribution is -2.57. The van der Waals surface area contributed by atoms with Crippen molar-refractivity contribution in [1.29, 1.82) is 0 Å². The highest BCUT2D eigenvalue weighted by Gasteiger charge is 2.44. The van der Waals surface area contributed by atoms with Gasteiger partial charge in [-0.05, 0) is 54.5 Å². The van der Waals surface area contributed by atoms with Crippen LogP contribution in [-0.4, -0.2) is 85.3 Å². The maximum Gasteiger partial charge on any atom is 0.293 e. The van der Waals surface area contributed by atoms with Crippen molar-refractivity contribution < 1.29 is 38.4 Å². The zero-order valence-corrected chi connectivity index (χ0v) is 38.5. The molecule has 0 aliphatic carbocycles. The number of hydrogen-bond acceptors (Lipinski definition) is 10. The summed E-state index contributed by atoms with van der Waals surface area (Å²) < 4.78 is 15.4. The number of aryl methyl sites for hydroxylation is 1. The minimum absolute atomic E-state index is 0.00967. The summed E-state index contributed by atoms with van der Waals surface area (Å²) in [6, 6.07) is 9.57. The van der Waals surface area contributed by atoms with Gasteiger partial charge in [0.1, 0.15) is 41.9 Å². The first kappa shape index (κ1) is 48.7. The van der Waals surface area contributed by atoms with Crippen LogP contribution in [0.25, 0.3) is 10.4 Å². The molecule has 4 aromatic rings. The fraction of sp³-hybridized carbons (Fsp3) is 0.478. The molecule has 0 spiro atoms. The molecule has 5 N–H and O–H groups in total. The molecule has 0 bridgehead atoms. The summed E-state index contributed by atoms with van der Waals surface area (Å²) in [6.07, 6.45) is 4.95. The number of nitrogens with zero attached hydrogens (tertiary/aromatic N) is 4. The van der Waals surface area contributed by atoms with Crippen LogP contribution in [0.1, 0.15) is 118 Å². The number of nitro groups is 1. The first-order chi connectivity index (χ1) is 30.9. The summed E-state index contributed by atoms with van der Waals surface area (Å²) in [5.74, 6) is -2.78. The van der Waals surface area contributed by atoms with E-state index in [-0.39, 0.29) is 66.3 Å². The second-order valence-electron chi connectivity index (χ2n) is 17.7. The quantitative estimate of drug-likeness (QED) is 0.0393. The number of unbranched alkanes of at least 4 members (excludes halogenated alkanes) is 6. The van der Waals surface area contributed by atoms with Gasteiger partial charge in [-0.2, -0.15) is 0 Å². The van der Waals surface area contributed by atoms with Crippen molar-refractivity contribution >= 4 is 58.2 Å². The predicted molar refractivity (Wildman–Crippen MR) is 243 cm³/mol. The number of amides is 5. The van der Waals surface area contributed by atoms with Gasteiger partial charge in [0.25, 0.3) is 11.6 Å². The Morgan fingerprint density at radius 3 is 2.38 bits per heavy atom. The second kappa shape index (κ2) is 21.5. The van der Waals surface area contributed by atoms with E-state index in [1.165, 1.54) is 15.5 Å². The normalized spacial score (nSPS) is 17.6. The third-order valence-electron chi connectivity index (χ3n) is 11.8. The van der Waals surface area contributed by atoms with E-state index in [1.54, 1.807) is 16.8 Å². The molecule has 348 valence electrons. The lowest BCUT2D eigenvalue weighted by atomic mass is 9.85. The second-order valence-corrected chi connectivity index (χ2v) is 19.0. The van der Waals surface area contributed by atoms with Gasteiger partial charge in [-0.15, -0.1) is 11.3 Å². The molecule has 2 aliphatic heterocycles. The Morgan fingerprint density at radius 1 is 1.03 bits per heavy atom. The van der Waals surface area contributed by atoms with E-state index in [0.717, 1.165) is 72.0 Å². The lowest BCUT2D eigenvalue weighted by Gasteiger charge is -2.35. The molecule has 4 heterocycles. The average Bonchev–Trinajstić information content (AvgIpc) is 3.99. The predicted octanol–water partition coefficient (Wildman–Crippen LogP) is 6.50. The van der Waals surface area contributed by atoms with Crippen LogP contribution in [0.2, 0.25) is 5.02 Å². The summed E-state index contributed by atoms with van der Waals surface area (Å²) >= 11 is 7.85. The molecule has 0 radical (unpaired) electrons. The van der Waals surface area contributed by atoms with Crippen LogP contribution in [0.3, 0.4) is 0 Å². The van der Waals surface area contributed by atoms with Gasteiger partial charge in [0, 0.05) is 49.1 Å². The van der Waals surface area contributed by atoms with E-state index in [9.17, 15) is 43.6 Å². The Labute approximate surface area is 385 Å². The number of benzene rings is 2. The largest absolute Gasteiger partial charge is 0.391 e. The molecule has 1 saturated heterocycles. The zero-order chi connectivity index (χ0) is 47.0. The number of rotatable bonds is 19. The Bertz CT molecular complexity index is 2400. The van der Waals surface area contributed by atoms with Crippen molar-refractivity contribution in [3.63, 3.8) is 0 Å². The highest BCUT2D eigenvalue weighted by atomic mass is 35.5. The summed E-state index contributed by atoms with van der Waals surface area (Å²) in [6.45, 7) is 7.72. The maximum absolute atomic E-state index is 14.1. The Morgan fingerprint density at radius 2 is 1.72 bits per heavy atom. The van der Waals surface area contributed by atoms with Gasteiger partial charge >= 0.3 is 0 Å². The lowest BCUT2D eigenvalue weighted by molar-refractivity contribution is -0.385. The number of halogens is 2. The van der Waals surface area contributed by atoms with Crippen LogP contribution in [0.5, 0.6) is 0 Å². The minimum atomic E-state index is -1.13. The highest BCUT2D eigenvalue weighted by molar-refractivity contribution is 7.13. The number of carbonyl (C=O) groups excluding carboxylic acids is 5. The van der Waals surface area contributed by atoms with Gasteiger partial charge in [0.15, 0.2) is 0 Å². The summed E-state index contributed by atoms with van der Waals surface area (Å²) in [5, 5.41) is 34.0. The number of fused-ring (bicyclic) bond motifs is 1. The van der Waals surface area contributed by atoms with E-state index in [2.05, 4.69) is 26.3 Å². The summed E-state index contributed by atoms with van der Waals surface area (Å²) in [4.78, 5) is 84.6. The van der Waals surface area contributed by atoms with Crippen molar-refractivity contribution in [2.24, 2.45) is 5.41 Å². The minimum Gasteiger partial charge on any atom is -0.391 e. The Hall–Kier alpha value is -5.72. The Kier molecular flexibility index (Phi) is 16.1. The number of aromatic nitrogens is 2. The summed E-state index contributed by atoms with van der Waals surface area (Å²) in [7, 11) is 0. The molecule has 2 aromatic heterocycles. The topological polar surface area (TPSA) is 218 Å². The van der Waals surface area contributed by atoms with Crippen molar-refractivity contribution in [3.8, 4) is 10.4 Å². The molecule has 2 aliphatic rings. The molecular weight excluding hydrogens is 879 g/mol. The van der Waals surface area contributed by atoms with Crippen molar-refractivity contribution in [2.75, 3.05) is 13.1 Å². The van der Waals surface area contributed by atoms with Gasteiger partial charge in [-0.25, -0.2) is 9.37 Å². The van der Waals surface area contributed by atoms with Gasteiger partial charge in [0.2, 0.25) is 23.6 Å². The molecule has 0 saturated carbocycles. The Balaban J connectivity index is 0.904. The number of hydrogen-bond donors (Lipinski definition) is 5. The molecule has 4 atom stereocenters. The number of thiazole rings is 1. The molecule has 65 heavy (non-hydrogen) atoms. The molecule has 5 amide bonds. The number of nitrogens with one attached hydrogen (secondary N) is 4. The SMILES string of the molecule is Cc1ncsc1-c1ccc(CNC(=O)[C@@H]2C[C@@H](O)CN2C(=O)C(NC(=O)CCCCCCCCCNC(=O)c2cc([N+](=O)[O-])c3n2CC(=O)N[C@@H]3c2cc(F)ccc2Cl)C(C)(C)C)cc1. The average molecular weight is 936 g/mol. The fourth-order valence-electron chi connectivity index (χ4n) is 8.34. The zero-order valence-electron chi connectivity index (χ0n) is 37.0. The van der Waals surface area contributed by atoms with Gasteiger partial charge < -0.3 is 35.8 Å². The van der Waals surface area contributed by atoms with Crippen LogP contribution in [0, 0.1) is 28.3 Å².